The van der Waals surface area contributed by atoms with Gasteiger partial charge in [-0.3, -0.25) is 9.48 Å². The summed E-state index contributed by atoms with van der Waals surface area (Å²) in [5, 5.41) is 4.17. The average molecular weight is 322 g/mol. The quantitative estimate of drug-likeness (QED) is 0.856. The second-order valence-corrected chi connectivity index (χ2v) is 5.31. The van der Waals surface area contributed by atoms with E-state index in [1.165, 1.54) is 0 Å². The number of nitrogens with zero attached hydrogens (tertiary/aromatic N) is 4. The highest BCUT2D eigenvalue weighted by Crippen LogP contribution is 2.34. The SMILES string of the molecule is Cl.Cl.Cn1cc(N2CCN(C(=O)C3(N)CC3)CC2)cn1. The van der Waals surface area contributed by atoms with E-state index in [4.69, 9.17) is 5.73 Å². The van der Waals surface area contributed by atoms with Gasteiger partial charge in [-0.2, -0.15) is 5.10 Å². The number of aryl methyl sites for hydroxylation is 1. The molecule has 2 N–H and O–H groups in total. The van der Waals surface area contributed by atoms with Gasteiger partial charge in [0, 0.05) is 39.4 Å². The first-order valence-corrected chi connectivity index (χ1v) is 6.40. The summed E-state index contributed by atoms with van der Waals surface area (Å²) < 4.78 is 1.80. The predicted octanol–water partition coefficient (Wildman–Crippen LogP) is 0.404. The van der Waals surface area contributed by atoms with Crippen molar-refractivity contribution in [2.45, 2.75) is 18.4 Å². The van der Waals surface area contributed by atoms with Gasteiger partial charge in [0.15, 0.2) is 0 Å². The minimum absolute atomic E-state index is 0. The normalized spacial score (nSPS) is 19.9. The van der Waals surface area contributed by atoms with E-state index in [1.54, 1.807) is 4.68 Å². The molecule has 8 heteroatoms. The minimum Gasteiger partial charge on any atom is -0.365 e. The van der Waals surface area contributed by atoms with Crippen molar-refractivity contribution < 1.29 is 4.79 Å². The van der Waals surface area contributed by atoms with Crippen molar-refractivity contribution >= 4 is 36.4 Å². The summed E-state index contributed by atoms with van der Waals surface area (Å²) in [7, 11) is 1.91. The molecule has 0 unspecified atom stereocenters. The van der Waals surface area contributed by atoms with Crippen LogP contribution in [-0.4, -0.2) is 52.3 Å². The maximum atomic E-state index is 12.1. The van der Waals surface area contributed by atoms with Crippen LogP contribution in [0.2, 0.25) is 0 Å². The fourth-order valence-electron chi connectivity index (χ4n) is 2.40. The Balaban J connectivity index is 0.000001000. The number of hydrogen-bond acceptors (Lipinski definition) is 4. The molecule has 114 valence electrons. The lowest BCUT2D eigenvalue weighted by atomic mass is 10.2. The Kier molecular flexibility index (Phi) is 5.29. The van der Waals surface area contributed by atoms with E-state index < -0.39 is 5.54 Å². The van der Waals surface area contributed by atoms with E-state index >= 15 is 0 Å². The summed E-state index contributed by atoms with van der Waals surface area (Å²) in [6, 6.07) is 0. The maximum absolute atomic E-state index is 12.1. The maximum Gasteiger partial charge on any atom is 0.242 e. The van der Waals surface area contributed by atoms with Crippen molar-refractivity contribution in [2.24, 2.45) is 12.8 Å². The number of carbonyl (C=O) groups is 1. The minimum atomic E-state index is -0.531. The molecule has 2 fully saturated rings. The Labute approximate surface area is 131 Å². The summed E-state index contributed by atoms with van der Waals surface area (Å²) in [6.45, 7) is 3.22. The Bertz CT molecular complexity index is 466. The molecular weight excluding hydrogens is 301 g/mol. The smallest absolute Gasteiger partial charge is 0.242 e. The van der Waals surface area contributed by atoms with Crippen LogP contribution in [0.1, 0.15) is 12.8 Å². The van der Waals surface area contributed by atoms with Gasteiger partial charge in [0.05, 0.1) is 17.4 Å². The molecule has 0 bridgehead atoms. The summed E-state index contributed by atoms with van der Waals surface area (Å²) in [6.07, 6.45) is 5.55. The molecule has 1 aromatic heterocycles. The van der Waals surface area contributed by atoms with E-state index in [-0.39, 0.29) is 30.7 Å². The van der Waals surface area contributed by atoms with Crippen LogP contribution in [0.25, 0.3) is 0 Å². The number of hydrogen-bond donors (Lipinski definition) is 1. The topological polar surface area (TPSA) is 67.4 Å². The Morgan fingerprint density at radius 1 is 1.25 bits per heavy atom. The van der Waals surface area contributed by atoms with Crippen LogP contribution in [0.5, 0.6) is 0 Å². The van der Waals surface area contributed by atoms with Gasteiger partial charge >= 0.3 is 0 Å². The van der Waals surface area contributed by atoms with Gasteiger partial charge in [0.2, 0.25) is 5.91 Å². The van der Waals surface area contributed by atoms with Crippen LogP contribution >= 0.6 is 24.8 Å². The van der Waals surface area contributed by atoms with E-state index in [2.05, 4.69) is 10.00 Å². The van der Waals surface area contributed by atoms with Gasteiger partial charge in [-0.15, -0.1) is 24.8 Å². The molecule has 0 radical (unpaired) electrons. The zero-order valence-electron chi connectivity index (χ0n) is 11.5. The Morgan fingerprint density at radius 3 is 2.30 bits per heavy atom. The first kappa shape index (κ1) is 17.1. The van der Waals surface area contributed by atoms with E-state index in [9.17, 15) is 4.79 Å². The zero-order valence-corrected chi connectivity index (χ0v) is 13.1. The second-order valence-electron chi connectivity index (χ2n) is 5.31. The first-order chi connectivity index (χ1) is 8.58. The molecule has 1 aliphatic carbocycles. The largest absolute Gasteiger partial charge is 0.365 e. The molecule has 1 aliphatic heterocycles. The Morgan fingerprint density at radius 2 is 1.85 bits per heavy atom. The van der Waals surface area contributed by atoms with Crippen LogP contribution in [0, 0.1) is 0 Å². The standard InChI is InChI=1S/C12H19N5O.2ClH/c1-15-9-10(8-14-15)16-4-6-17(7-5-16)11(18)12(13)2-3-12;;/h8-9H,2-7,13H2,1H3;2*1H. The van der Waals surface area contributed by atoms with Gasteiger partial charge in [-0.05, 0) is 12.8 Å². The predicted molar refractivity (Wildman–Crippen MR) is 82.6 cm³/mol. The van der Waals surface area contributed by atoms with Crippen molar-refractivity contribution in [3.05, 3.63) is 12.4 Å². The molecule has 2 aliphatic rings. The molecular formula is C12H21Cl2N5O. The summed E-state index contributed by atoms with van der Waals surface area (Å²) >= 11 is 0. The van der Waals surface area contributed by atoms with Gasteiger partial charge in [-0.25, -0.2) is 0 Å². The number of nitrogens with two attached hydrogens (primary N) is 1. The lowest BCUT2D eigenvalue weighted by Gasteiger charge is -2.36. The molecule has 2 heterocycles. The number of rotatable bonds is 2. The summed E-state index contributed by atoms with van der Waals surface area (Å²) in [4.78, 5) is 16.3. The molecule has 3 rings (SSSR count). The highest BCUT2D eigenvalue weighted by molar-refractivity contribution is 5.89. The van der Waals surface area contributed by atoms with Crippen LogP contribution in [0.4, 0.5) is 5.69 Å². The molecule has 1 saturated carbocycles. The number of anilines is 1. The number of aromatic nitrogens is 2. The van der Waals surface area contributed by atoms with Crippen molar-refractivity contribution in [1.29, 1.82) is 0 Å². The van der Waals surface area contributed by atoms with Crippen LogP contribution in [0.3, 0.4) is 0 Å². The lowest BCUT2D eigenvalue weighted by molar-refractivity contribution is -0.133. The second kappa shape index (κ2) is 6.20. The number of amides is 1. The number of halogens is 2. The monoisotopic (exact) mass is 321 g/mol. The molecule has 20 heavy (non-hydrogen) atoms. The molecule has 1 saturated heterocycles. The van der Waals surface area contributed by atoms with Crippen molar-refractivity contribution in [3.63, 3.8) is 0 Å². The molecule has 0 atom stereocenters. The van der Waals surface area contributed by atoms with Gasteiger partial charge < -0.3 is 15.5 Å². The fraction of sp³-hybridized carbons (Fsp3) is 0.667. The van der Waals surface area contributed by atoms with E-state index in [1.807, 2.05) is 24.3 Å². The Hall–Kier alpha value is -0.980. The average Bonchev–Trinajstić information content (AvgIpc) is 2.98. The molecule has 1 amide bonds. The highest BCUT2D eigenvalue weighted by Gasteiger charge is 2.48. The van der Waals surface area contributed by atoms with Gasteiger partial charge in [0.1, 0.15) is 0 Å². The first-order valence-electron chi connectivity index (χ1n) is 6.40. The lowest BCUT2D eigenvalue weighted by Crippen LogP contribution is -2.54. The van der Waals surface area contributed by atoms with Crippen LogP contribution in [0.15, 0.2) is 12.4 Å². The third-order valence-electron chi connectivity index (χ3n) is 3.84. The molecule has 0 aromatic carbocycles. The third kappa shape index (κ3) is 3.19. The van der Waals surface area contributed by atoms with Crippen LogP contribution in [-0.2, 0) is 11.8 Å². The van der Waals surface area contributed by atoms with E-state index in [0.717, 1.165) is 44.7 Å². The van der Waals surface area contributed by atoms with Crippen LogP contribution < -0.4 is 10.6 Å². The van der Waals surface area contributed by atoms with Crippen molar-refractivity contribution in [2.75, 3.05) is 31.1 Å². The zero-order chi connectivity index (χ0) is 12.8. The number of carbonyl (C=O) groups excluding carboxylic acids is 1. The van der Waals surface area contributed by atoms with Crippen molar-refractivity contribution in [1.82, 2.24) is 14.7 Å². The molecule has 0 spiro atoms. The molecule has 6 nitrogen and oxygen atoms in total. The summed E-state index contributed by atoms with van der Waals surface area (Å²) in [5.41, 5.74) is 6.54. The third-order valence-corrected chi connectivity index (χ3v) is 3.84. The fourth-order valence-corrected chi connectivity index (χ4v) is 2.40. The van der Waals surface area contributed by atoms with Crippen molar-refractivity contribution in [3.8, 4) is 0 Å². The molecule has 1 aromatic rings. The summed E-state index contributed by atoms with van der Waals surface area (Å²) in [5.74, 6) is 0.133. The van der Waals surface area contributed by atoms with E-state index in [0.29, 0.717) is 0 Å². The van der Waals surface area contributed by atoms with Gasteiger partial charge in [0.25, 0.3) is 0 Å². The van der Waals surface area contributed by atoms with Gasteiger partial charge in [-0.1, -0.05) is 0 Å². The highest BCUT2D eigenvalue weighted by atomic mass is 35.5. The number of piperazine rings is 1.